The second-order valence-corrected chi connectivity index (χ2v) is 7.85. The predicted molar refractivity (Wildman–Crippen MR) is 131 cm³/mol. The maximum absolute atomic E-state index is 13.0. The molecule has 0 spiro atoms. The number of nitrogens with two attached hydrogens (primary N) is 1. The highest BCUT2D eigenvalue weighted by molar-refractivity contribution is 6.25. The van der Waals surface area contributed by atoms with Crippen molar-refractivity contribution in [3.63, 3.8) is 0 Å². The van der Waals surface area contributed by atoms with Crippen molar-refractivity contribution >= 4 is 35.6 Å². The van der Waals surface area contributed by atoms with Crippen LogP contribution in [0.4, 0.5) is 5.69 Å². The fourth-order valence-electron chi connectivity index (χ4n) is 3.46. The first-order chi connectivity index (χ1) is 17.9. The van der Waals surface area contributed by atoms with Gasteiger partial charge in [0.1, 0.15) is 12.9 Å². The molecule has 0 aliphatic carbocycles. The summed E-state index contributed by atoms with van der Waals surface area (Å²) >= 11 is 0. The van der Waals surface area contributed by atoms with Crippen molar-refractivity contribution in [1.82, 2.24) is 10.2 Å². The third-order valence-electron chi connectivity index (χ3n) is 5.27. The SMILES string of the molecule is CNC(=O)CCC(C=O)N1C(=O)c2cccc(NC(=O)COCCOCCOCCOCCN)c2C1=O. The van der Waals surface area contributed by atoms with Crippen LogP contribution < -0.4 is 16.4 Å². The summed E-state index contributed by atoms with van der Waals surface area (Å²) in [5.41, 5.74) is 5.50. The molecule has 1 aromatic carbocycles. The topological polar surface area (TPSA) is 176 Å². The van der Waals surface area contributed by atoms with E-state index >= 15 is 0 Å². The standard InChI is InChI=1S/C24H34N4O9/c1-26-20(30)6-5-17(15-29)28-23(32)18-3-2-4-19(22(18)24(28)33)27-21(31)16-37-14-13-36-12-11-35-10-9-34-8-7-25/h2-4,15,17H,5-14,16,25H2,1H3,(H,26,30)(H,27,31). The van der Waals surface area contributed by atoms with Crippen LogP contribution in [0.25, 0.3) is 0 Å². The molecule has 13 heteroatoms. The number of anilines is 1. The van der Waals surface area contributed by atoms with Gasteiger partial charge in [-0.15, -0.1) is 0 Å². The number of benzene rings is 1. The van der Waals surface area contributed by atoms with Gasteiger partial charge in [-0.1, -0.05) is 6.07 Å². The third kappa shape index (κ3) is 9.30. The highest BCUT2D eigenvalue weighted by Crippen LogP contribution is 2.31. The summed E-state index contributed by atoms with van der Waals surface area (Å²) in [6.07, 6.45) is 0.416. The normalized spacial score (nSPS) is 13.4. The molecule has 0 saturated heterocycles. The molecule has 4 amide bonds. The van der Waals surface area contributed by atoms with Gasteiger partial charge in [0.25, 0.3) is 11.8 Å². The lowest BCUT2D eigenvalue weighted by molar-refractivity contribution is -0.122. The Morgan fingerprint density at radius 3 is 2.16 bits per heavy atom. The maximum atomic E-state index is 13.0. The molecule has 0 bridgehead atoms. The third-order valence-corrected chi connectivity index (χ3v) is 5.27. The minimum Gasteiger partial charge on any atom is -0.378 e. The molecule has 1 aliphatic rings. The average Bonchev–Trinajstić information content (AvgIpc) is 3.15. The molecule has 0 aromatic heterocycles. The number of carbonyl (C=O) groups excluding carboxylic acids is 5. The van der Waals surface area contributed by atoms with Crippen LogP contribution in [0.15, 0.2) is 18.2 Å². The Morgan fingerprint density at radius 2 is 1.57 bits per heavy atom. The molecule has 0 saturated carbocycles. The molecule has 37 heavy (non-hydrogen) atoms. The van der Waals surface area contributed by atoms with Gasteiger partial charge in [0, 0.05) is 20.0 Å². The van der Waals surface area contributed by atoms with Crippen molar-refractivity contribution in [1.29, 1.82) is 0 Å². The van der Waals surface area contributed by atoms with Crippen molar-refractivity contribution in [2.75, 3.05) is 71.8 Å². The van der Waals surface area contributed by atoms with E-state index in [1.165, 1.54) is 25.2 Å². The van der Waals surface area contributed by atoms with E-state index in [1.54, 1.807) is 0 Å². The Kier molecular flexibility index (Phi) is 13.4. The minimum atomic E-state index is -1.11. The number of hydrogen-bond acceptors (Lipinski definition) is 10. The second kappa shape index (κ2) is 16.5. The molecule has 0 fully saturated rings. The molecule has 1 unspecified atom stereocenters. The maximum Gasteiger partial charge on any atom is 0.264 e. The summed E-state index contributed by atoms with van der Waals surface area (Å²) < 4.78 is 21.1. The van der Waals surface area contributed by atoms with E-state index in [9.17, 15) is 24.0 Å². The highest BCUT2D eigenvalue weighted by Gasteiger charge is 2.41. The largest absolute Gasteiger partial charge is 0.378 e. The Bertz CT molecular complexity index is 941. The van der Waals surface area contributed by atoms with Crippen LogP contribution in [0, 0.1) is 0 Å². The number of rotatable bonds is 19. The van der Waals surface area contributed by atoms with Crippen LogP contribution >= 0.6 is 0 Å². The Hall–Kier alpha value is -3.23. The average molecular weight is 523 g/mol. The van der Waals surface area contributed by atoms with E-state index in [-0.39, 0.29) is 55.4 Å². The fraction of sp³-hybridized carbons (Fsp3) is 0.542. The summed E-state index contributed by atoms with van der Waals surface area (Å²) in [6.45, 7) is 2.75. The fourth-order valence-corrected chi connectivity index (χ4v) is 3.46. The lowest BCUT2D eigenvalue weighted by Gasteiger charge is -2.21. The minimum absolute atomic E-state index is 0.00981. The van der Waals surface area contributed by atoms with Crippen LogP contribution in [0.2, 0.25) is 0 Å². The van der Waals surface area contributed by atoms with E-state index in [0.29, 0.717) is 45.9 Å². The van der Waals surface area contributed by atoms with E-state index in [1.807, 2.05) is 0 Å². The monoisotopic (exact) mass is 522 g/mol. The molecule has 0 radical (unpaired) electrons. The van der Waals surface area contributed by atoms with Crippen LogP contribution in [-0.2, 0) is 33.3 Å². The summed E-state index contributed by atoms with van der Waals surface area (Å²) in [4.78, 5) is 62.1. The van der Waals surface area contributed by atoms with Gasteiger partial charge in [-0.05, 0) is 18.6 Å². The molecule has 1 aliphatic heterocycles. The van der Waals surface area contributed by atoms with Crippen molar-refractivity contribution in [2.24, 2.45) is 5.73 Å². The molecule has 1 aromatic rings. The summed E-state index contributed by atoms with van der Waals surface area (Å²) in [6, 6.07) is 3.34. The molecule has 204 valence electrons. The Labute approximate surface area is 214 Å². The number of hydrogen-bond donors (Lipinski definition) is 3. The molecule has 13 nitrogen and oxygen atoms in total. The van der Waals surface area contributed by atoms with E-state index in [4.69, 9.17) is 24.7 Å². The zero-order chi connectivity index (χ0) is 27.0. The summed E-state index contributed by atoms with van der Waals surface area (Å²) in [5.74, 6) is -2.23. The first-order valence-corrected chi connectivity index (χ1v) is 11.9. The summed E-state index contributed by atoms with van der Waals surface area (Å²) in [7, 11) is 1.45. The number of fused-ring (bicyclic) bond motifs is 1. The number of amides is 4. The van der Waals surface area contributed by atoms with Crippen molar-refractivity contribution in [3.05, 3.63) is 29.3 Å². The van der Waals surface area contributed by atoms with Crippen molar-refractivity contribution < 1.29 is 42.9 Å². The smallest absolute Gasteiger partial charge is 0.264 e. The van der Waals surface area contributed by atoms with E-state index in [2.05, 4.69) is 10.6 Å². The van der Waals surface area contributed by atoms with Gasteiger partial charge in [0.2, 0.25) is 11.8 Å². The number of nitrogens with zero attached hydrogens (tertiary/aromatic N) is 1. The van der Waals surface area contributed by atoms with Gasteiger partial charge >= 0.3 is 0 Å². The lowest BCUT2D eigenvalue weighted by Crippen LogP contribution is -2.41. The first-order valence-electron chi connectivity index (χ1n) is 11.9. The predicted octanol–water partition coefficient (Wildman–Crippen LogP) is -0.660. The van der Waals surface area contributed by atoms with Gasteiger partial charge in [-0.3, -0.25) is 24.1 Å². The van der Waals surface area contributed by atoms with Gasteiger partial charge in [-0.2, -0.15) is 0 Å². The van der Waals surface area contributed by atoms with Gasteiger partial charge in [-0.25, -0.2) is 0 Å². The Morgan fingerprint density at radius 1 is 0.946 bits per heavy atom. The zero-order valence-corrected chi connectivity index (χ0v) is 20.9. The molecule has 2 rings (SSSR count). The highest BCUT2D eigenvalue weighted by atomic mass is 16.6. The molecular weight excluding hydrogens is 488 g/mol. The van der Waals surface area contributed by atoms with Crippen molar-refractivity contribution in [3.8, 4) is 0 Å². The first kappa shape index (κ1) is 30.0. The molecule has 1 atom stereocenters. The van der Waals surface area contributed by atoms with Crippen LogP contribution in [0.3, 0.4) is 0 Å². The molecule has 4 N–H and O–H groups in total. The summed E-state index contributed by atoms with van der Waals surface area (Å²) in [5, 5.41) is 5.00. The van der Waals surface area contributed by atoms with Crippen molar-refractivity contribution in [2.45, 2.75) is 18.9 Å². The number of nitrogens with one attached hydrogen (secondary N) is 2. The van der Waals surface area contributed by atoms with Crippen LogP contribution in [-0.4, -0.2) is 107 Å². The molecule has 1 heterocycles. The van der Waals surface area contributed by atoms with Crippen LogP contribution in [0.5, 0.6) is 0 Å². The quantitative estimate of drug-likeness (QED) is 0.120. The number of imide groups is 1. The van der Waals surface area contributed by atoms with Gasteiger partial charge < -0.3 is 40.1 Å². The number of aldehydes is 1. The second-order valence-electron chi connectivity index (χ2n) is 7.85. The number of carbonyl (C=O) groups is 5. The molecular formula is C24H34N4O9. The van der Waals surface area contributed by atoms with Crippen LogP contribution in [0.1, 0.15) is 33.6 Å². The van der Waals surface area contributed by atoms with Gasteiger partial charge in [0.15, 0.2) is 0 Å². The van der Waals surface area contributed by atoms with Gasteiger partial charge in [0.05, 0.1) is 69.1 Å². The lowest BCUT2D eigenvalue weighted by atomic mass is 10.1. The Balaban J connectivity index is 1.78. The zero-order valence-electron chi connectivity index (χ0n) is 20.9. The van der Waals surface area contributed by atoms with E-state index in [0.717, 1.165) is 4.90 Å². The van der Waals surface area contributed by atoms with E-state index < -0.39 is 23.8 Å². The number of ether oxygens (including phenoxy) is 4.